The Morgan fingerprint density at radius 3 is 2.50 bits per heavy atom. The lowest BCUT2D eigenvalue weighted by Gasteiger charge is -2.13. The number of nitrogens with one attached hydrogen (secondary N) is 1. The predicted molar refractivity (Wildman–Crippen MR) is 58.5 cm³/mol. The second-order valence-electron chi connectivity index (χ2n) is 3.36. The van der Waals surface area contributed by atoms with Crippen LogP contribution in [0.2, 0.25) is 0 Å². The monoisotopic (exact) mass is 191 g/mol. The Bertz CT molecular complexity index is 282. The molecule has 1 aromatic rings. The van der Waals surface area contributed by atoms with Crippen molar-refractivity contribution in [3.05, 3.63) is 35.9 Å². The Balaban J connectivity index is 2.73. The van der Waals surface area contributed by atoms with Gasteiger partial charge in [0.05, 0.1) is 6.04 Å². The number of benzene rings is 1. The van der Waals surface area contributed by atoms with Gasteiger partial charge in [0.2, 0.25) is 0 Å². The lowest BCUT2D eigenvalue weighted by molar-refractivity contribution is 0.0942. The van der Waals surface area contributed by atoms with Gasteiger partial charge in [-0.1, -0.05) is 43.7 Å². The summed E-state index contributed by atoms with van der Waals surface area (Å²) in [6.45, 7) is 2.09. The van der Waals surface area contributed by atoms with E-state index in [1.165, 1.54) is 0 Å². The van der Waals surface area contributed by atoms with E-state index < -0.39 is 0 Å². The maximum atomic E-state index is 11.9. The van der Waals surface area contributed by atoms with E-state index in [2.05, 4.69) is 12.2 Å². The molecule has 0 heterocycles. The van der Waals surface area contributed by atoms with Crippen molar-refractivity contribution in [1.82, 2.24) is 5.32 Å². The Hall–Kier alpha value is -1.15. The summed E-state index contributed by atoms with van der Waals surface area (Å²) in [4.78, 5) is 11.9. The van der Waals surface area contributed by atoms with Gasteiger partial charge >= 0.3 is 0 Å². The van der Waals surface area contributed by atoms with E-state index in [1.807, 2.05) is 37.4 Å². The van der Waals surface area contributed by atoms with Crippen molar-refractivity contribution in [1.29, 1.82) is 0 Å². The van der Waals surface area contributed by atoms with E-state index >= 15 is 0 Å². The third-order valence-electron chi connectivity index (χ3n) is 2.30. The van der Waals surface area contributed by atoms with Crippen molar-refractivity contribution in [3.8, 4) is 0 Å². The molecule has 0 aliphatic carbocycles. The summed E-state index contributed by atoms with van der Waals surface area (Å²) in [5.74, 6) is 0.190. The highest BCUT2D eigenvalue weighted by Gasteiger charge is 2.16. The summed E-state index contributed by atoms with van der Waals surface area (Å²) >= 11 is 0. The highest BCUT2D eigenvalue weighted by Crippen LogP contribution is 2.07. The van der Waals surface area contributed by atoms with Crippen LogP contribution in [-0.4, -0.2) is 18.9 Å². The summed E-state index contributed by atoms with van der Waals surface area (Å²) in [5.41, 5.74) is 0.792. The molecule has 76 valence electrons. The lowest BCUT2D eigenvalue weighted by atomic mass is 10.0. The third kappa shape index (κ3) is 2.67. The van der Waals surface area contributed by atoms with E-state index in [4.69, 9.17) is 0 Å². The molecule has 0 amide bonds. The second-order valence-corrected chi connectivity index (χ2v) is 3.36. The van der Waals surface area contributed by atoms with Crippen LogP contribution in [0.1, 0.15) is 30.1 Å². The van der Waals surface area contributed by atoms with Crippen molar-refractivity contribution in [2.24, 2.45) is 0 Å². The molecule has 14 heavy (non-hydrogen) atoms. The van der Waals surface area contributed by atoms with Crippen LogP contribution >= 0.6 is 0 Å². The number of Topliss-reactive ketones (excluding diaryl/α,β-unsaturated/α-hetero) is 1. The van der Waals surface area contributed by atoms with Gasteiger partial charge in [-0.05, 0) is 13.5 Å². The molecular weight excluding hydrogens is 174 g/mol. The first-order valence-corrected chi connectivity index (χ1v) is 5.06. The Kier molecular flexibility index (Phi) is 4.33. The van der Waals surface area contributed by atoms with Gasteiger partial charge < -0.3 is 5.32 Å². The first-order chi connectivity index (χ1) is 6.79. The van der Waals surface area contributed by atoms with E-state index in [0.29, 0.717) is 0 Å². The molecular formula is C12H17NO. The van der Waals surface area contributed by atoms with Gasteiger partial charge in [-0.25, -0.2) is 0 Å². The first-order valence-electron chi connectivity index (χ1n) is 5.06. The SMILES string of the molecule is CCCC(NC)C(=O)c1ccccc1. The quantitative estimate of drug-likeness (QED) is 0.723. The van der Waals surface area contributed by atoms with E-state index in [9.17, 15) is 4.79 Å². The molecule has 0 bridgehead atoms. The fourth-order valence-electron chi connectivity index (χ4n) is 1.50. The molecule has 0 aliphatic rings. The zero-order valence-corrected chi connectivity index (χ0v) is 8.79. The van der Waals surface area contributed by atoms with Crippen LogP contribution in [0.25, 0.3) is 0 Å². The summed E-state index contributed by atoms with van der Waals surface area (Å²) in [7, 11) is 1.83. The molecule has 0 aliphatic heterocycles. The van der Waals surface area contributed by atoms with E-state index in [0.717, 1.165) is 18.4 Å². The van der Waals surface area contributed by atoms with Crippen molar-refractivity contribution in [2.45, 2.75) is 25.8 Å². The highest BCUT2D eigenvalue weighted by molar-refractivity contribution is 6.00. The number of rotatable bonds is 5. The van der Waals surface area contributed by atoms with Gasteiger partial charge in [-0.15, -0.1) is 0 Å². The van der Waals surface area contributed by atoms with E-state index in [1.54, 1.807) is 0 Å². The molecule has 0 fully saturated rings. The first kappa shape index (κ1) is 10.9. The van der Waals surface area contributed by atoms with Crippen LogP contribution in [-0.2, 0) is 0 Å². The number of carbonyl (C=O) groups is 1. The Labute approximate surface area is 85.3 Å². The molecule has 0 aromatic heterocycles. The maximum absolute atomic E-state index is 11.9. The minimum atomic E-state index is -0.0394. The van der Waals surface area contributed by atoms with Gasteiger partial charge in [0.15, 0.2) is 5.78 Å². The zero-order chi connectivity index (χ0) is 10.4. The minimum absolute atomic E-state index is 0.0394. The molecule has 1 N–H and O–H groups in total. The largest absolute Gasteiger partial charge is 0.310 e. The van der Waals surface area contributed by atoms with E-state index in [-0.39, 0.29) is 11.8 Å². The summed E-state index contributed by atoms with van der Waals surface area (Å²) < 4.78 is 0. The average Bonchev–Trinajstić information content (AvgIpc) is 2.26. The molecule has 0 spiro atoms. The molecule has 1 unspecified atom stereocenters. The van der Waals surface area contributed by atoms with Gasteiger partial charge in [0, 0.05) is 5.56 Å². The van der Waals surface area contributed by atoms with Crippen LogP contribution in [0.15, 0.2) is 30.3 Å². The summed E-state index contributed by atoms with van der Waals surface area (Å²) in [5, 5.41) is 3.05. The molecule has 1 atom stereocenters. The Morgan fingerprint density at radius 2 is 2.00 bits per heavy atom. The summed E-state index contributed by atoms with van der Waals surface area (Å²) in [6.07, 6.45) is 1.91. The molecule has 2 heteroatoms. The minimum Gasteiger partial charge on any atom is -0.310 e. The van der Waals surface area contributed by atoms with Gasteiger partial charge in [-0.3, -0.25) is 4.79 Å². The van der Waals surface area contributed by atoms with Crippen LogP contribution in [0.3, 0.4) is 0 Å². The van der Waals surface area contributed by atoms with Gasteiger partial charge in [-0.2, -0.15) is 0 Å². The van der Waals surface area contributed by atoms with Crippen LogP contribution in [0.4, 0.5) is 0 Å². The van der Waals surface area contributed by atoms with Crippen molar-refractivity contribution in [3.63, 3.8) is 0 Å². The lowest BCUT2D eigenvalue weighted by Crippen LogP contribution is -2.33. The standard InChI is InChI=1S/C12H17NO/c1-3-7-11(13-2)12(14)10-8-5-4-6-9-10/h4-6,8-9,11,13H,3,7H2,1-2H3. The predicted octanol–water partition coefficient (Wildman–Crippen LogP) is 2.26. The fourth-order valence-corrected chi connectivity index (χ4v) is 1.50. The van der Waals surface area contributed by atoms with Gasteiger partial charge in [0.25, 0.3) is 0 Å². The van der Waals surface area contributed by atoms with Crippen molar-refractivity contribution >= 4 is 5.78 Å². The third-order valence-corrected chi connectivity index (χ3v) is 2.30. The molecule has 1 rings (SSSR count). The second kappa shape index (κ2) is 5.55. The number of hydrogen-bond acceptors (Lipinski definition) is 2. The molecule has 1 aromatic carbocycles. The fraction of sp³-hybridized carbons (Fsp3) is 0.417. The van der Waals surface area contributed by atoms with Crippen molar-refractivity contribution in [2.75, 3.05) is 7.05 Å². The normalized spacial score (nSPS) is 12.4. The Morgan fingerprint density at radius 1 is 1.36 bits per heavy atom. The van der Waals surface area contributed by atoms with Crippen LogP contribution in [0, 0.1) is 0 Å². The average molecular weight is 191 g/mol. The molecule has 0 saturated heterocycles. The zero-order valence-electron chi connectivity index (χ0n) is 8.79. The molecule has 2 nitrogen and oxygen atoms in total. The van der Waals surface area contributed by atoms with Crippen molar-refractivity contribution < 1.29 is 4.79 Å². The molecule has 0 radical (unpaired) electrons. The highest BCUT2D eigenvalue weighted by atomic mass is 16.1. The topological polar surface area (TPSA) is 29.1 Å². The molecule has 0 saturated carbocycles. The van der Waals surface area contributed by atoms with Gasteiger partial charge in [0.1, 0.15) is 0 Å². The maximum Gasteiger partial charge on any atom is 0.179 e. The number of ketones is 1. The summed E-state index contributed by atoms with van der Waals surface area (Å²) in [6, 6.07) is 9.40. The smallest absolute Gasteiger partial charge is 0.179 e. The number of carbonyl (C=O) groups excluding carboxylic acids is 1. The number of likely N-dealkylation sites (N-methyl/N-ethyl adjacent to an activating group) is 1. The van der Waals surface area contributed by atoms with Crippen LogP contribution < -0.4 is 5.32 Å². The van der Waals surface area contributed by atoms with Crippen LogP contribution in [0.5, 0.6) is 0 Å². The number of hydrogen-bond donors (Lipinski definition) is 1.